The van der Waals surface area contributed by atoms with Crippen LogP contribution in [0.15, 0.2) is 12.1 Å². The molecular formula is C9H9ClO3. The third-order valence-electron chi connectivity index (χ3n) is 1.79. The van der Waals surface area contributed by atoms with Crippen LogP contribution in [0.5, 0.6) is 5.75 Å². The van der Waals surface area contributed by atoms with Crippen molar-refractivity contribution in [2.75, 3.05) is 7.11 Å². The number of benzene rings is 1. The van der Waals surface area contributed by atoms with E-state index >= 15 is 0 Å². The maximum absolute atomic E-state index is 10.8. The average Bonchev–Trinajstić information content (AvgIpc) is 2.08. The van der Waals surface area contributed by atoms with E-state index in [4.69, 9.17) is 21.4 Å². The number of carboxylic acids is 1. The summed E-state index contributed by atoms with van der Waals surface area (Å²) in [6.45, 7) is 1.65. The molecule has 1 N–H and O–H groups in total. The quantitative estimate of drug-likeness (QED) is 0.797. The molecule has 13 heavy (non-hydrogen) atoms. The molecule has 0 radical (unpaired) electrons. The van der Waals surface area contributed by atoms with Crippen molar-refractivity contribution >= 4 is 17.6 Å². The number of ether oxygens (including phenoxy) is 1. The molecule has 1 aromatic rings. The van der Waals surface area contributed by atoms with Gasteiger partial charge in [0.15, 0.2) is 0 Å². The SMILES string of the molecule is COc1ccc(Cl)c(C)c1C(=O)O. The Balaban J connectivity index is 3.41. The standard InChI is InChI=1S/C9H9ClO3/c1-5-6(10)3-4-7(13-2)8(5)9(11)12/h3-4H,1-2H3,(H,11,12). The fourth-order valence-corrected chi connectivity index (χ4v) is 1.25. The van der Waals surface area contributed by atoms with E-state index in [1.807, 2.05) is 0 Å². The van der Waals surface area contributed by atoms with Gasteiger partial charge in [-0.2, -0.15) is 0 Å². The number of methoxy groups -OCH3 is 1. The minimum Gasteiger partial charge on any atom is -0.496 e. The Hall–Kier alpha value is -1.22. The van der Waals surface area contributed by atoms with E-state index in [2.05, 4.69) is 0 Å². The van der Waals surface area contributed by atoms with Crippen LogP contribution in [0.1, 0.15) is 15.9 Å². The summed E-state index contributed by atoms with van der Waals surface area (Å²) in [5.74, 6) is -0.703. The lowest BCUT2D eigenvalue weighted by Crippen LogP contribution is -2.03. The first kappa shape index (κ1) is 9.86. The monoisotopic (exact) mass is 200 g/mol. The molecule has 0 fully saturated rings. The number of rotatable bonds is 2. The molecule has 0 spiro atoms. The van der Waals surface area contributed by atoms with Crippen molar-refractivity contribution in [2.24, 2.45) is 0 Å². The minimum absolute atomic E-state index is 0.120. The van der Waals surface area contributed by atoms with E-state index in [9.17, 15) is 4.79 Å². The topological polar surface area (TPSA) is 46.5 Å². The first-order valence-electron chi connectivity index (χ1n) is 3.64. The van der Waals surface area contributed by atoms with E-state index in [1.54, 1.807) is 19.1 Å². The van der Waals surface area contributed by atoms with Gasteiger partial charge in [-0.25, -0.2) is 4.79 Å². The molecule has 0 aliphatic heterocycles. The Kier molecular flexibility index (Phi) is 2.78. The summed E-state index contributed by atoms with van der Waals surface area (Å²) in [6, 6.07) is 3.15. The van der Waals surface area contributed by atoms with Crippen LogP contribution in [0.2, 0.25) is 5.02 Å². The second-order valence-electron chi connectivity index (χ2n) is 2.55. The first-order valence-corrected chi connectivity index (χ1v) is 4.02. The zero-order valence-electron chi connectivity index (χ0n) is 7.30. The second-order valence-corrected chi connectivity index (χ2v) is 2.96. The van der Waals surface area contributed by atoms with Crippen molar-refractivity contribution in [2.45, 2.75) is 6.92 Å². The van der Waals surface area contributed by atoms with Crippen LogP contribution >= 0.6 is 11.6 Å². The average molecular weight is 201 g/mol. The summed E-state index contributed by atoms with van der Waals surface area (Å²) in [4.78, 5) is 10.8. The van der Waals surface area contributed by atoms with Crippen molar-refractivity contribution in [1.29, 1.82) is 0 Å². The van der Waals surface area contributed by atoms with Crippen LogP contribution in [0, 0.1) is 6.92 Å². The van der Waals surface area contributed by atoms with E-state index in [1.165, 1.54) is 7.11 Å². The highest BCUT2D eigenvalue weighted by Gasteiger charge is 2.15. The van der Waals surface area contributed by atoms with Gasteiger partial charge in [-0.1, -0.05) is 11.6 Å². The maximum Gasteiger partial charge on any atom is 0.339 e. The van der Waals surface area contributed by atoms with Crippen LogP contribution < -0.4 is 4.74 Å². The zero-order chi connectivity index (χ0) is 10.0. The molecule has 0 saturated carbocycles. The van der Waals surface area contributed by atoms with Gasteiger partial charge in [0, 0.05) is 5.02 Å². The Morgan fingerprint density at radius 1 is 1.54 bits per heavy atom. The van der Waals surface area contributed by atoms with Gasteiger partial charge in [-0.05, 0) is 24.6 Å². The predicted molar refractivity (Wildman–Crippen MR) is 49.7 cm³/mol. The zero-order valence-corrected chi connectivity index (χ0v) is 8.05. The molecular weight excluding hydrogens is 192 g/mol. The second kappa shape index (κ2) is 3.66. The molecule has 0 aromatic heterocycles. The van der Waals surface area contributed by atoms with Crippen molar-refractivity contribution in [3.63, 3.8) is 0 Å². The maximum atomic E-state index is 10.8. The number of carboxylic acid groups (broad SMARTS) is 1. The molecule has 0 amide bonds. The van der Waals surface area contributed by atoms with E-state index in [0.29, 0.717) is 16.3 Å². The third kappa shape index (κ3) is 1.75. The van der Waals surface area contributed by atoms with Crippen molar-refractivity contribution in [3.8, 4) is 5.75 Å². The van der Waals surface area contributed by atoms with Gasteiger partial charge in [0.2, 0.25) is 0 Å². The predicted octanol–water partition coefficient (Wildman–Crippen LogP) is 2.36. The number of aromatic carboxylic acids is 1. The summed E-state index contributed by atoms with van der Waals surface area (Å²) in [5, 5.41) is 9.29. The number of halogens is 1. The molecule has 0 bridgehead atoms. The molecule has 4 heteroatoms. The van der Waals surface area contributed by atoms with Gasteiger partial charge in [0.25, 0.3) is 0 Å². The lowest BCUT2D eigenvalue weighted by Gasteiger charge is -2.08. The molecule has 0 aliphatic carbocycles. The largest absolute Gasteiger partial charge is 0.496 e. The van der Waals surface area contributed by atoms with Crippen molar-refractivity contribution in [1.82, 2.24) is 0 Å². The molecule has 0 aliphatic rings. The molecule has 0 heterocycles. The number of hydrogen-bond acceptors (Lipinski definition) is 2. The fraction of sp³-hybridized carbons (Fsp3) is 0.222. The molecule has 0 atom stereocenters. The van der Waals surface area contributed by atoms with E-state index < -0.39 is 5.97 Å². The van der Waals surface area contributed by atoms with Crippen LogP contribution in [-0.2, 0) is 0 Å². The normalized spacial score (nSPS) is 9.77. The molecule has 0 saturated heterocycles. The fourth-order valence-electron chi connectivity index (χ4n) is 1.10. The van der Waals surface area contributed by atoms with Crippen LogP contribution in [-0.4, -0.2) is 18.2 Å². The smallest absolute Gasteiger partial charge is 0.339 e. The highest BCUT2D eigenvalue weighted by atomic mass is 35.5. The molecule has 70 valence electrons. The summed E-state index contributed by atoms with van der Waals surface area (Å²) < 4.78 is 4.90. The van der Waals surface area contributed by atoms with Gasteiger partial charge < -0.3 is 9.84 Å². The highest BCUT2D eigenvalue weighted by molar-refractivity contribution is 6.31. The van der Waals surface area contributed by atoms with Gasteiger partial charge in [0.1, 0.15) is 11.3 Å². The molecule has 1 aromatic carbocycles. The lowest BCUT2D eigenvalue weighted by molar-refractivity contribution is 0.0692. The minimum atomic E-state index is -1.03. The summed E-state index contributed by atoms with van der Waals surface area (Å²) in [7, 11) is 1.43. The molecule has 1 rings (SSSR count). The van der Waals surface area contributed by atoms with Crippen molar-refractivity contribution in [3.05, 3.63) is 28.3 Å². The summed E-state index contributed by atoms with van der Waals surface area (Å²) in [6.07, 6.45) is 0. The van der Waals surface area contributed by atoms with Crippen molar-refractivity contribution < 1.29 is 14.6 Å². The summed E-state index contributed by atoms with van der Waals surface area (Å²) in [5.41, 5.74) is 0.642. The Bertz CT molecular complexity index is 347. The Morgan fingerprint density at radius 3 is 2.62 bits per heavy atom. The van der Waals surface area contributed by atoms with Gasteiger partial charge >= 0.3 is 5.97 Å². The lowest BCUT2D eigenvalue weighted by atomic mass is 10.1. The first-order chi connectivity index (χ1) is 6.07. The van der Waals surface area contributed by atoms with Gasteiger partial charge in [-0.15, -0.1) is 0 Å². The van der Waals surface area contributed by atoms with E-state index in [-0.39, 0.29) is 5.56 Å². The number of hydrogen-bond donors (Lipinski definition) is 1. The number of carbonyl (C=O) groups is 1. The van der Waals surface area contributed by atoms with Gasteiger partial charge in [0.05, 0.1) is 7.11 Å². The van der Waals surface area contributed by atoms with Crippen LogP contribution in [0.25, 0.3) is 0 Å². The third-order valence-corrected chi connectivity index (χ3v) is 2.20. The van der Waals surface area contributed by atoms with Crippen LogP contribution in [0.3, 0.4) is 0 Å². The van der Waals surface area contributed by atoms with Gasteiger partial charge in [-0.3, -0.25) is 0 Å². The van der Waals surface area contributed by atoms with Crippen LogP contribution in [0.4, 0.5) is 0 Å². The van der Waals surface area contributed by atoms with E-state index in [0.717, 1.165) is 0 Å². The highest BCUT2D eigenvalue weighted by Crippen LogP contribution is 2.27. The Labute approximate surface area is 80.9 Å². The summed E-state index contributed by atoms with van der Waals surface area (Å²) >= 11 is 5.77. The Morgan fingerprint density at radius 2 is 2.15 bits per heavy atom. The molecule has 3 nitrogen and oxygen atoms in total. The molecule has 0 unspecified atom stereocenters.